The molecular formula is C22H27N7O2S2. The minimum atomic E-state index is -3.72. The van der Waals surface area contributed by atoms with Crippen LogP contribution < -0.4 is 4.72 Å². The summed E-state index contributed by atoms with van der Waals surface area (Å²) >= 11 is 1.63. The van der Waals surface area contributed by atoms with Crippen LogP contribution in [0.1, 0.15) is 42.4 Å². The largest absolute Gasteiger partial charge is 0.321 e. The summed E-state index contributed by atoms with van der Waals surface area (Å²) in [4.78, 5) is 14.5. The molecule has 0 aliphatic carbocycles. The molecule has 174 valence electrons. The SMILES string of the molecule is CCCCc1c(CNS(=O)(=O)c2cnc(C)n2C)cnn1-c1ncc(C)c(-c2cccs2)n1. The molecule has 0 saturated carbocycles. The number of rotatable bonds is 9. The lowest BCUT2D eigenvalue weighted by Crippen LogP contribution is -2.25. The summed E-state index contributed by atoms with van der Waals surface area (Å²) in [6.07, 6.45) is 7.54. The molecule has 1 N–H and O–H groups in total. The van der Waals surface area contributed by atoms with Gasteiger partial charge in [0.25, 0.3) is 16.0 Å². The van der Waals surface area contributed by atoms with Gasteiger partial charge in [0.05, 0.1) is 28.7 Å². The Kier molecular flexibility index (Phi) is 6.73. The molecule has 0 fully saturated rings. The van der Waals surface area contributed by atoms with Gasteiger partial charge in [0.2, 0.25) is 0 Å². The molecule has 0 spiro atoms. The molecule has 0 atom stereocenters. The average molecular weight is 486 g/mol. The number of unbranched alkanes of at least 4 members (excludes halogenated alkanes) is 1. The lowest BCUT2D eigenvalue weighted by atomic mass is 10.1. The quantitative estimate of drug-likeness (QED) is 0.388. The number of sulfonamides is 1. The van der Waals surface area contributed by atoms with E-state index in [0.29, 0.717) is 11.8 Å². The van der Waals surface area contributed by atoms with Crippen molar-refractivity contribution in [2.24, 2.45) is 7.05 Å². The topological polar surface area (TPSA) is 108 Å². The van der Waals surface area contributed by atoms with Gasteiger partial charge in [-0.1, -0.05) is 19.4 Å². The van der Waals surface area contributed by atoms with Crippen LogP contribution in [0.5, 0.6) is 0 Å². The van der Waals surface area contributed by atoms with E-state index in [1.54, 1.807) is 47.0 Å². The Morgan fingerprint density at radius 2 is 1.97 bits per heavy atom. The summed E-state index contributed by atoms with van der Waals surface area (Å²) in [5, 5.41) is 6.68. The molecule has 4 rings (SSSR count). The Labute approximate surface area is 197 Å². The number of hydrogen-bond donors (Lipinski definition) is 1. The number of nitrogens with zero attached hydrogens (tertiary/aromatic N) is 6. The molecule has 0 aromatic carbocycles. The Morgan fingerprint density at radius 3 is 2.64 bits per heavy atom. The van der Waals surface area contributed by atoms with Crippen molar-refractivity contribution in [3.05, 3.63) is 58.7 Å². The molecule has 4 aromatic heterocycles. The normalized spacial score (nSPS) is 11.9. The zero-order chi connectivity index (χ0) is 23.6. The Bertz CT molecular complexity index is 1360. The van der Waals surface area contributed by atoms with E-state index in [9.17, 15) is 8.42 Å². The van der Waals surface area contributed by atoms with Crippen molar-refractivity contribution in [1.82, 2.24) is 34.0 Å². The Hall–Kier alpha value is -2.89. The fraction of sp³-hybridized carbons (Fsp3) is 0.364. The highest BCUT2D eigenvalue weighted by molar-refractivity contribution is 7.89. The molecule has 0 bridgehead atoms. The maximum Gasteiger partial charge on any atom is 0.258 e. The van der Waals surface area contributed by atoms with Gasteiger partial charge >= 0.3 is 0 Å². The summed E-state index contributed by atoms with van der Waals surface area (Å²) in [7, 11) is -2.04. The van der Waals surface area contributed by atoms with Crippen molar-refractivity contribution >= 4 is 21.4 Å². The maximum absolute atomic E-state index is 12.8. The summed E-state index contributed by atoms with van der Waals surface area (Å²) in [6.45, 7) is 5.98. The van der Waals surface area contributed by atoms with E-state index in [-0.39, 0.29) is 11.6 Å². The van der Waals surface area contributed by atoms with Crippen molar-refractivity contribution in [1.29, 1.82) is 0 Å². The molecule has 9 nitrogen and oxygen atoms in total. The second kappa shape index (κ2) is 9.54. The van der Waals surface area contributed by atoms with E-state index in [1.165, 1.54) is 6.20 Å². The van der Waals surface area contributed by atoms with Crippen molar-refractivity contribution in [2.45, 2.75) is 51.6 Å². The van der Waals surface area contributed by atoms with Gasteiger partial charge in [0, 0.05) is 25.4 Å². The van der Waals surface area contributed by atoms with E-state index in [4.69, 9.17) is 4.98 Å². The molecule has 0 amide bonds. The molecule has 0 unspecified atom stereocenters. The maximum atomic E-state index is 12.8. The molecule has 4 heterocycles. The smallest absolute Gasteiger partial charge is 0.258 e. The van der Waals surface area contributed by atoms with E-state index < -0.39 is 10.0 Å². The predicted octanol–water partition coefficient (Wildman–Crippen LogP) is 3.56. The first kappa shape index (κ1) is 23.3. The lowest BCUT2D eigenvalue weighted by Gasteiger charge is -2.11. The lowest BCUT2D eigenvalue weighted by molar-refractivity contribution is 0.569. The summed E-state index contributed by atoms with van der Waals surface area (Å²) in [6, 6.07) is 4.03. The van der Waals surface area contributed by atoms with Crippen LogP contribution >= 0.6 is 11.3 Å². The van der Waals surface area contributed by atoms with Crippen molar-refractivity contribution in [2.75, 3.05) is 0 Å². The van der Waals surface area contributed by atoms with Crippen molar-refractivity contribution < 1.29 is 8.42 Å². The molecule has 4 aromatic rings. The average Bonchev–Trinajstić information content (AvgIpc) is 3.53. The molecule has 0 saturated heterocycles. The van der Waals surface area contributed by atoms with Crippen LogP contribution in [0, 0.1) is 13.8 Å². The first-order chi connectivity index (χ1) is 15.8. The van der Waals surface area contributed by atoms with Gasteiger partial charge < -0.3 is 4.57 Å². The molecule has 0 aliphatic heterocycles. The van der Waals surface area contributed by atoms with Crippen LogP contribution in [0.15, 0.2) is 41.1 Å². The second-order valence-corrected chi connectivity index (χ2v) is 10.5. The monoisotopic (exact) mass is 485 g/mol. The van der Waals surface area contributed by atoms with Crippen molar-refractivity contribution in [3.8, 4) is 16.5 Å². The first-order valence-electron chi connectivity index (χ1n) is 10.7. The van der Waals surface area contributed by atoms with Crippen molar-refractivity contribution in [3.63, 3.8) is 0 Å². The van der Waals surface area contributed by atoms with Crippen LogP contribution in [0.25, 0.3) is 16.5 Å². The van der Waals surface area contributed by atoms with Crippen LogP contribution in [0.3, 0.4) is 0 Å². The minimum absolute atomic E-state index is 0.120. The number of thiophene rings is 1. The predicted molar refractivity (Wildman–Crippen MR) is 128 cm³/mol. The highest BCUT2D eigenvalue weighted by atomic mass is 32.2. The highest BCUT2D eigenvalue weighted by Crippen LogP contribution is 2.26. The molecular weight excluding hydrogens is 458 g/mol. The number of hydrogen-bond acceptors (Lipinski definition) is 7. The number of aromatic nitrogens is 6. The van der Waals surface area contributed by atoms with Crippen LogP contribution in [0.2, 0.25) is 0 Å². The minimum Gasteiger partial charge on any atom is -0.321 e. The van der Waals surface area contributed by atoms with Gasteiger partial charge in [0.15, 0.2) is 5.03 Å². The summed E-state index contributed by atoms with van der Waals surface area (Å²) in [5.41, 5.74) is 3.57. The fourth-order valence-electron chi connectivity index (χ4n) is 3.51. The first-order valence-corrected chi connectivity index (χ1v) is 13.1. The van der Waals surface area contributed by atoms with Crippen LogP contribution in [-0.4, -0.2) is 37.7 Å². The molecule has 11 heteroatoms. The van der Waals surface area contributed by atoms with E-state index in [2.05, 4.69) is 26.7 Å². The summed E-state index contributed by atoms with van der Waals surface area (Å²) in [5.74, 6) is 1.11. The number of nitrogens with one attached hydrogen (secondary N) is 1. The van der Waals surface area contributed by atoms with Crippen LogP contribution in [0.4, 0.5) is 0 Å². The standard InChI is InChI=1S/C22H27N7O2S2/c1-5-6-8-18-17(13-26-33(30,31)20-14-23-16(3)28(20)4)12-25-29(18)22-24-11-15(2)21(27-22)19-9-7-10-32-19/h7,9-12,14,26H,5-6,8,13H2,1-4H3. The van der Waals surface area contributed by atoms with Gasteiger partial charge in [-0.25, -0.2) is 32.8 Å². The number of imidazole rings is 1. The second-order valence-electron chi connectivity index (χ2n) is 7.84. The molecule has 0 radical (unpaired) electrons. The third kappa shape index (κ3) is 4.75. The Balaban J connectivity index is 1.66. The zero-order valence-corrected chi connectivity index (χ0v) is 20.7. The zero-order valence-electron chi connectivity index (χ0n) is 19.1. The van der Waals surface area contributed by atoms with Crippen LogP contribution in [-0.2, 0) is 30.0 Å². The van der Waals surface area contributed by atoms with E-state index in [0.717, 1.165) is 46.7 Å². The third-order valence-corrected chi connectivity index (χ3v) is 7.86. The van der Waals surface area contributed by atoms with Gasteiger partial charge in [-0.05, 0) is 43.7 Å². The number of aryl methyl sites for hydroxylation is 2. The molecule has 33 heavy (non-hydrogen) atoms. The molecule has 0 aliphatic rings. The highest BCUT2D eigenvalue weighted by Gasteiger charge is 2.22. The van der Waals surface area contributed by atoms with E-state index >= 15 is 0 Å². The third-order valence-electron chi connectivity index (χ3n) is 5.53. The Morgan fingerprint density at radius 1 is 1.15 bits per heavy atom. The van der Waals surface area contributed by atoms with Gasteiger partial charge in [-0.15, -0.1) is 11.3 Å². The van der Waals surface area contributed by atoms with Gasteiger partial charge in [-0.2, -0.15) is 5.10 Å². The summed E-state index contributed by atoms with van der Waals surface area (Å²) < 4.78 is 31.6. The van der Waals surface area contributed by atoms with E-state index in [1.807, 2.05) is 24.4 Å². The van der Waals surface area contributed by atoms with Gasteiger partial charge in [-0.3, -0.25) is 0 Å². The van der Waals surface area contributed by atoms with Gasteiger partial charge in [0.1, 0.15) is 5.82 Å². The fourth-order valence-corrected chi connectivity index (χ4v) is 5.47.